The number of rotatable bonds is 3. The Bertz CT molecular complexity index is 499. The summed E-state index contributed by atoms with van der Waals surface area (Å²) >= 11 is 1.55. The smallest absolute Gasteiger partial charge is 0.272 e. The summed E-state index contributed by atoms with van der Waals surface area (Å²) in [4.78, 5) is 15.6. The number of hydrazone groups is 1. The molecular weight excluding hydrogens is 222 g/mol. The maximum atomic E-state index is 11.6. The number of aryl methyl sites for hydroxylation is 1. The third-order valence-corrected chi connectivity index (χ3v) is 2.85. The highest BCUT2D eigenvalue weighted by Gasteiger charge is 2.05. The lowest BCUT2D eigenvalue weighted by Crippen LogP contribution is -2.16. The summed E-state index contributed by atoms with van der Waals surface area (Å²) in [5.74, 6) is -0.188. The van der Waals surface area contributed by atoms with Gasteiger partial charge in [-0.2, -0.15) is 5.10 Å². The largest absolute Gasteiger partial charge is 0.360 e. The van der Waals surface area contributed by atoms with Crippen LogP contribution in [0, 0.1) is 6.92 Å². The first kappa shape index (κ1) is 10.6. The minimum Gasteiger partial charge on any atom is -0.360 e. The molecule has 2 heterocycles. The van der Waals surface area contributed by atoms with E-state index in [2.05, 4.69) is 15.5 Å². The van der Waals surface area contributed by atoms with Gasteiger partial charge in [0.2, 0.25) is 0 Å². The lowest BCUT2D eigenvalue weighted by atomic mass is 10.3. The minimum absolute atomic E-state index is 0.188. The lowest BCUT2D eigenvalue weighted by molar-refractivity contribution is 0.0955. The maximum Gasteiger partial charge on any atom is 0.272 e. The van der Waals surface area contributed by atoms with Crippen molar-refractivity contribution in [1.29, 1.82) is 0 Å². The second kappa shape index (κ2) is 4.76. The molecule has 2 aromatic heterocycles. The number of carbonyl (C=O) groups is 1. The fourth-order valence-corrected chi connectivity index (χ4v) is 1.89. The Labute approximate surface area is 97.0 Å². The molecule has 2 rings (SSSR count). The quantitative estimate of drug-likeness (QED) is 0.619. The molecule has 1 amide bonds. The predicted octanol–water partition coefficient (Wildman–Crippen LogP) is 2.15. The molecule has 0 fully saturated rings. The topological polar surface area (TPSA) is 57.2 Å². The van der Waals surface area contributed by atoms with Crippen LogP contribution in [0.4, 0.5) is 0 Å². The molecule has 0 aliphatic heterocycles. The van der Waals surface area contributed by atoms with Crippen molar-refractivity contribution < 1.29 is 4.79 Å². The Morgan fingerprint density at radius 3 is 3.12 bits per heavy atom. The molecule has 0 aliphatic rings. The van der Waals surface area contributed by atoms with Crippen molar-refractivity contribution in [3.63, 3.8) is 0 Å². The first-order chi connectivity index (χ1) is 7.75. The highest BCUT2D eigenvalue weighted by atomic mass is 32.1. The minimum atomic E-state index is -0.188. The van der Waals surface area contributed by atoms with Crippen LogP contribution in [0.2, 0.25) is 0 Å². The third kappa shape index (κ3) is 2.58. The van der Waals surface area contributed by atoms with E-state index in [1.165, 1.54) is 0 Å². The Morgan fingerprint density at radius 1 is 1.62 bits per heavy atom. The van der Waals surface area contributed by atoms with E-state index in [9.17, 15) is 4.79 Å². The number of nitrogens with one attached hydrogen (secondary N) is 2. The molecule has 0 radical (unpaired) electrons. The highest BCUT2D eigenvalue weighted by molar-refractivity contribution is 7.10. The van der Waals surface area contributed by atoms with Crippen molar-refractivity contribution in [3.05, 3.63) is 45.9 Å². The second-order valence-electron chi connectivity index (χ2n) is 3.27. The summed E-state index contributed by atoms with van der Waals surface area (Å²) in [7, 11) is 0. The number of thiophene rings is 1. The highest BCUT2D eigenvalue weighted by Crippen LogP contribution is 2.12. The van der Waals surface area contributed by atoms with Crippen LogP contribution >= 0.6 is 11.3 Å². The van der Waals surface area contributed by atoms with Gasteiger partial charge < -0.3 is 4.98 Å². The first-order valence-electron chi connectivity index (χ1n) is 4.77. The predicted molar refractivity (Wildman–Crippen MR) is 64.9 cm³/mol. The van der Waals surface area contributed by atoms with Gasteiger partial charge in [0.1, 0.15) is 0 Å². The monoisotopic (exact) mass is 233 g/mol. The van der Waals surface area contributed by atoms with Crippen LogP contribution in [-0.4, -0.2) is 17.1 Å². The third-order valence-electron chi connectivity index (χ3n) is 1.98. The number of aromatic amines is 1. The number of carbonyl (C=O) groups excluding carboxylic acids is 1. The average molecular weight is 233 g/mol. The van der Waals surface area contributed by atoms with Crippen molar-refractivity contribution in [3.8, 4) is 0 Å². The van der Waals surface area contributed by atoms with Gasteiger partial charge in [-0.3, -0.25) is 4.79 Å². The molecule has 2 N–H and O–H groups in total. The van der Waals surface area contributed by atoms with Gasteiger partial charge in [0.15, 0.2) is 0 Å². The number of aromatic nitrogens is 1. The van der Waals surface area contributed by atoms with E-state index in [0.29, 0.717) is 5.56 Å². The number of nitrogens with zero attached hydrogens (tertiary/aromatic N) is 1. The average Bonchev–Trinajstić information content (AvgIpc) is 2.89. The standard InChI is InChI=1S/C11H11N3OS/c1-8-5-9(7-16-8)11(15)14-13-6-10-3-2-4-12-10/h2-7,12H,1H3,(H,14,15). The van der Waals surface area contributed by atoms with Gasteiger partial charge in [-0.1, -0.05) is 0 Å². The van der Waals surface area contributed by atoms with Crippen LogP contribution in [-0.2, 0) is 0 Å². The molecule has 0 bridgehead atoms. The van der Waals surface area contributed by atoms with E-state index in [0.717, 1.165) is 10.6 Å². The molecular formula is C11H11N3OS. The zero-order valence-electron chi connectivity index (χ0n) is 8.73. The number of H-pyrrole nitrogens is 1. The van der Waals surface area contributed by atoms with Crippen molar-refractivity contribution in [2.24, 2.45) is 5.10 Å². The molecule has 4 nitrogen and oxygen atoms in total. The van der Waals surface area contributed by atoms with Gasteiger partial charge in [0.25, 0.3) is 5.91 Å². The van der Waals surface area contributed by atoms with Crippen molar-refractivity contribution >= 4 is 23.5 Å². The van der Waals surface area contributed by atoms with Gasteiger partial charge in [-0.15, -0.1) is 11.3 Å². The van der Waals surface area contributed by atoms with Crippen LogP contribution in [0.5, 0.6) is 0 Å². The number of hydrogen-bond acceptors (Lipinski definition) is 3. The molecule has 0 unspecified atom stereocenters. The zero-order chi connectivity index (χ0) is 11.4. The lowest BCUT2D eigenvalue weighted by Gasteiger charge is -1.94. The van der Waals surface area contributed by atoms with Gasteiger partial charge in [0.05, 0.1) is 17.5 Å². The van der Waals surface area contributed by atoms with Crippen molar-refractivity contribution in [1.82, 2.24) is 10.4 Å². The molecule has 0 aliphatic carbocycles. The number of amides is 1. The molecule has 82 valence electrons. The van der Waals surface area contributed by atoms with Gasteiger partial charge in [-0.05, 0) is 25.1 Å². The van der Waals surface area contributed by atoms with E-state index in [-0.39, 0.29) is 5.91 Å². The van der Waals surface area contributed by atoms with E-state index < -0.39 is 0 Å². The molecule has 0 aromatic carbocycles. The SMILES string of the molecule is Cc1cc(C(=O)NN=Cc2ccc[nH]2)cs1. The molecule has 0 spiro atoms. The Kier molecular flexibility index (Phi) is 3.16. The molecule has 16 heavy (non-hydrogen) atoms. The number of hydrogen-bond donors (Lipinski definition) is 2. The summed E-state index contributed by atoms with van der Waals surface area (Å²) in [5, 5.41) is 5.66. The summed E-state index contributed by atoms with van der Waals surface area (Å²) < 4.78 is 0. The fourth-order valence-electron chi connectivity index (χ4n) is 1.21. The van der Waals surface area contributed by atoms with Gasteiger partial charge >= 0.3 is 0 Å². The normalized spacial score (nSPS) is 10.8. The first-order valence-corrected chi connectivity index (χ1v) is 5.65. The van der Waals surface area contributed by atoms with E-state index in [1.807, 2.05) is 30.5 Å². The molecule has 0 saturated heterocycles. The summed E-state index contributed by atoms with van der Waals surface area (Å²) in [5.41, 5.74) is 3.96. The van der Waals surface area contributed by atoms with Crippen LogP contribution in [0.3, 0.4) is 0 Å². The molecule has 2 aromatic rings. The fraction of sp³-hybridized carbons (Fsp3) is 0.0909. The second-order valence-corrected chi connectivity index (χ2v) is 4.39. The van der Waals surface area contributed by atoms with E-state index in [4.69, 9.17) is 0 Å². The molecule has 5 heteroatoms. The van der Waals surface area contributed by atoms with Gasteiger partial charge in [-0.25, -0.2) is 5.43 Å². The Balaban J connectivity index is 1.94. The Hall–Kier alpha value is -1.88. The van der Waals surface area contributed by atoms with Crippen LogP contribution in [0.15, 0.2) is 34.9 Å². The molecule has 0 atom stereocenters. The Morgan fingerprint density at radius 2 is 2.50 bits per heavy atom. The summed E-state index contributed by atoms with van der Waals surface area (Å²) in [6.45, 7) is 1.96. The van der Waals surface area contributed by atoms with Gasteiger partial charge in [0, 0.05) is 16.5 Å². The maximum absolute atomic E-state index is 11.6. The summed E-state index contributed by atoms with van der Waals surface area (Å²) in [6.07, 6.45) is 3.36. The molecule has 0 saturated carbocycles. The van der Waals surface area contributed by atoms with Crippen LogP contribution < -0.4 is 5.43 Å². The summed E-state index contributed by atoms with van der Waals surface area (Å²) in [6, 6.07) is 5.57. The van der Waals surface area contributed by atoms with Crippen LogP contribution in [0.25, 0.3) is 0 Å². The van der Waals surface area contributed by atoms with Crippen LogP contribution in [0.1, 0.15) is 20.9 Å². The zero-order valence-corrected chi connectivity index (χ0v) is 9.54. The van der Waals surface area contributed by atoms with E-state index >= 15 is 0 Å². The van der Waals surface area contributed by atoms with Crippen molar-refractivity contribution in [2.75, 3.05) is 0 Å². The van der Waals surface area contributed by atoms with Crippen molar-refractivity contribution in [2.45, 2.75) is 6.92 Å². The van der Waals surface area contributed by atoms with E-state index in [1.54, 1.807) is 23.7 Å².